The van der Waals surface area contributed by atoms with E-state index in [1.54, 1.807) is 0 Å². The van der Waals surface area contributed by atoms with Gasteiger partial charge in [-0.25, -0.2) is 0 Å². The summed E-state index contributed by atoms with van der Waals surface area (Å²) in [5, 5.41) is 3.93. The Morgan fingerprint density at radius 2 is 0.942 bits per heavy atom. The van der Waals surface area contributed by atoms with Gasteiger partial charge in [0.15, 0.2) is 0 Å². The van der Waals surface area contributed by atoms with Gasteiger partial charge in [0, 0.05) is 5.69 Å². The third-order valence-electron chi connectivity index (χ3n) is 11.4. The van der Waals surface area contributed by atoms with Crippen molar-refractivity contribution in [1.82, 2.24) is 0 Å². The van der Waals surface area contributed by atoms with Crippen molar-refractivity contribution in [2.75, 3.05) is 10.2 Å². The van der Waals surface area contributed by atoms with Crippen LogP contribution in [0.3, 0.4) is 0 Å². The Labute approximate surface area is 304 Å². The fraction of sp³-hybridized carbons (Fsp3) is 0.0400. The van der Waals surface area contributed by atoms with Gasteiger partial charge in [-0.1, -0.05) is 164 Å². The van der Waals surface area contributed by atoms with Crippen molar-refractivity contribution < 1.29 is 0 Å². The van der Waals surface area contributed by atoms with Crippen molar-refractivity contribution in [3.05, 3.63) is 222 Å². The number of benzene rings is 8. The Morgan fingerprint density at radius 1 is 0.404 bits per heavy atom. The first-order valence-electron chi connectivity index (χ1n) is 18.1. The van der Waals surface area contributed by atoms with Crippen LogP contribution >= 0.6 is 0 Å². The zero-order chi connectivity index (χ0) is 34.2. The molecule has 2 nitrogen and oxygen atoms in total. The van der Waals surface area contributed by atoms with Crippen LogP contribution < -0.4 is 10.2 Å². The van der Waals surface area contributed by atoms with Crippen molar-refractivity contribution in [3.8, 4) is 44.5 Å². The normalized spacial score (nSPS) is 17.2. The van der Waals surface area contributed by atoms with Crippen LogP contribution in [0, 0.1) is 0 Å². The Kier molecular flexibility index (Phi) is 6.26. The predicted molar refractivity (Wildman–Crippen MR) is 215 cm³/mol. The minimum absolute atomic E-state index is 0.00423. The number of fused-ring (bicyclic) bond motifs is 9. The van der Waals surface area contributed by atoms with Crippen molar-refractivity contribution in [3.63, 3.8) is 0 Å². The number of nitrogens with zero attached hydrogens (tertiary/aromatic N) is 1. The topological polar surface area (TPSA) is 15.3 Å². The van der Waals surface area contributed by atoms with Gasteiger partial charge in [-0.3, -0.25) is 0 Å². The quantitative estimate of drug-likeness (QED) is 0.202. The summed E-state index contributed by atoms with van der Waals surface area (Å²) in [7, 11) is 0. The van der Waals surface area contributed by atoms with Crippen LogP contribution in [0.25, 0.3) is 44.5 Å². The highest BCUT2D eigenvalue weighted by atomic mass is 15.3. The molecule has 2 heterocycles. The Bertz CT molecular complexity index is 2610. The summed E-state index contributed by atoms with van der Waals surface area (Å²) in [5.74, 6) is 0. The molecule has 0 radical (unpaired) electrons. The molecule has 11 rings (SSSR count). The largest absolute Gasteiger partial charge is 0.359 e. The average Bonchev–Trinajstić information content (AvgIpc) is 3.76. The van der Waals surface area contributed by atoms with E-state index < -0.39 is 5.41 Å². The summed E-state index contributed by atoms with van der Waals surface area (Å²) in [4.78, 5) is 2.54. The summed E-state index contributed by atoms with van der Waals surface area (Å²) >= 11 is 0. The van der Waals surface area contributed by atoms with Crippen LogP contribution in [-0.2, 0) is 5.41 Å². The summed E-state index contributed by atoms with van der Waals surface area (Å²) in [6.07, 6.45) is -0.00423. The lowest BCUT2D eigenvalue weighted by Crippen LogP contribution is -2.37. The lowest BCUT2D eigenvalue weighted by Gasteiger charge is -2.44. The highest BCUT2D eigenvalue weighted by Crippen LogP contribution is 2.66. The van der Waals surface area contributed by atoms with Crippen LogP contribution in [0.5, 0.6) is 0 Å². The molecule has 2 unspecified atom stereocenters. The van der Waals surface area contributed by atoms with E-state index in [4.69, 9.17) is 0 Å². The number of nitrogens with one attached hydrogen (secondary N) is 1. The molecule has 8 aromatic rings. The molecule has 1 spiro atoms. The standard InChI is InChI=1S/C50H34N2/c1-4-16-33(17-5-1)36-30-37(34-18-6-2-7-19-34)32-38(31-36)39-23-14-26-43-47(39)40-22-10-11-24-41(40)50(43)42-25-12-13-29-46(42)52-48-44(50)27-15-28-45(48)51-49(52)35-20-8-3-9-21-35/h1-32,49,51H. The molecule has 0 saturated carbocycles. The molecule has 2 atom stereocenters. The molecule has 52 heavy (non-hydrogen) atoms. The molecule has 2 aliphatic heterocycles. The number of para-hydroxylation sites is 2. The molecule has 2 heteroatoms. The van der Waals surface area contributed by atoms with Gasteiger partial charge in [-0.05, 0) is 103 Å². The number of hydrogen-bond donors (Lipinski definition) is 1. The monoisotopic (exact) mass is 662 g/mol. The summed E-state index contributed by atoms with van der Waals surface area (Å²) in [5.41, 5.74) is 19.7. The van der Waals surface area contributed by atoms with Crippen molar-refractivity contribution >= 4 is 17.1 Å². The summed E-state index contributed by atoms with van der Waals surface area (Å²) in [6, 6.07) is 71.6. The van der Waals surface area contributed by atoms with E-state index in [1.165, 1.54) is 89.4 Å². The van der Waals surface area contributed by atoms with Crippen molar-refractivity contribution in [2.45, 2.75) is 11.6 Å². The third-order valence-corrected chi connectivity index (χ3v) is 11.4. The smallest absolute Gasteiger partial charge is 0.130 e. The van der Waals surface area contributed by atoms with E-state index in [0.717, 1.165) is 0 Å². The maximum Gasteiger partial charge on any atom is 0.130 e. The van der Waals surface area contributed by atoms with Gasteiger partial charge in [-0.15, -0.1) is 0 Å². The van der Waals surface area contributed by atoms with E-state index in [9.17, 15) is 0 Å². The van der Waals surface area contributed by atoms with E-state index in [0.29, 0.717) is 0 Å². The molecule has 1 N–H and O–H groups in total. The van der Waals surface area contributed by atoms with Crippen LogP contribution in [0.2, 0.25) is 0 Å². The molecule has 0 saturated heterocycles. The van der Waals surface area contributed by atoms with E-state index in [2.05, 4.69) is 204 Å². The predicted octanol–water partition coefficient (Wildman–Crippen LogP) is 12.6. The number of anilines is 3. The van der Waals surface area contributed by atoms with Crippen LogP contribution in [-0.4, -0.2) is 0 Å². The molecule has 0 aromatic heterocycles. The number of hydrogen-bond acceptors (Lipinski definition) is 2. The highest BCUT2D eigenvalue weighted by molar-refractivity contribution is 6.02. The van der Waals surface area contributed by atoms with Gasteiger partial charge in [0.25, 0.3) is 0 Å². The first kappa shape index (κ1) is 29.1. The second kappa shape index (κ2) is 11.2. The van der Waals surface area contributed by atoms with E-state index >= 15 is 0 Å². The van der Waals surface area contributed by atoms with Crippen LogP contribution in [0.15, 0.2) is 194 Å². The molecule has 1 aliphatic carbocycles. The molecular formula is C50H34N2. The van der Waals surface area contributed by atoms with Gasteiger partial charge in [0.1, 0.15) is 6.17 Å². The molecule has 8 aromatic carbocycles. The molecule has 0 bridgehead atoms. The molecule has 244 valence electrons. The van der Waals surface area contributed by atoms with E-state index in [-0.39, 0.29) is 6.17 Å². The summed E-state index contributed by atoms with van der Waals surface area (Å²) < 4.78 is 0. The second-order valence-corrected chi connectivity index (χ2v) is 14.1. The van der Waals surface area contributed by atoms with Crippen molar-refractivity contribution in [1.29, 1.82) is 0 Å². The molecular weight excluding hydrogens is 629 g/mol. The minimum atomic E-state index is -0.493. The van der Waals surface area contributed by atoms with Gasteiger partial charge in [-0.2, -0.15) is 0 Å². The van der Waals surface area contributed by atoms with Crippen molar-refractivity contribution in [2.24, 2.45) is 0 Å². The summed E-state index contributed by atoms with van der Waals surface area (Å²) in [6.45, 7) is 0. The van der Waals surface area contributed by atoms with Gasteiger partial charge < -0.3 is 10.2 Å². The first-order chi connectivity index (χ1) is 25.8. The molecule has 0 amide bonds. The third kappa shape index (κ3) is 4.01. The number of rotatable bonds is 4. The van der Waals surface area contributed by atoms with Crippen LogP contribution in [0.4, 0.5) is 17.1 Å². The average molecular weight is 663 g/mol. The zero-order valence-corrected chi connectivity index (χ0v) is 28.5. The Balaban J connectivity index is 1.20. The highest BCUT2D eigenvalue weighted by Gasteiger charge is 2.54. The fourth-order valence-corrected chi connectivity index (χ4v) is 9.36. The van der Waals surface area contributed by atoms with Gasteiger partial charge >= 0.3 is 0 Å². The zero-order valence-electron chi connectivity index (χ0n) is 28.5. The first-order valence-corrected chi connectivity index (χ1v) is 18.1. The maximum atomic E-state index is 3.93. The van der Waals surface area contributed by atoms with Crippen LogP contribution in [0.1, 0.15) is 34.0 Å². The molecule has 0 fully saturated rings. The van der Waals surface area contributed by atoms with Gasteiger partial charge in [0.05, 0.1) is 16.8 Å². The Morgan fingerprint density at radius 3 is 1.67 bits per heavy atom. The lowest BCUT2D eigenvalue weighted by atomic mass is 9.64. The second-order valence-electron chi connectivity index (χ2n) is 14.1. The minimum Gasteiger partial charge on any atom is -0.359 e. The Hall–Kier alpha value is -6.64. The SMILES string of the molecule is c1ccc(-c2cc(-c3ccccc3)cc(-c3cccc4c3-c3ccccc3C43c4ccccc4N4c5c(cccc53)NC4c3ccccc3)c2)cc1. The lowest BCUT2D eigenvalue weighted by molar-refractivity contribution is 0.720. The maximum absolute atomic E-state index is 3.93. The van der Waals surface area contributed by atoms with E-state index in [1.807, 2.05) is 0 Å². The fourth-order valence-electron chi connectivity index (χ4n) is 9.36. The van der Waals surface area contributed by atoms with Gasteiger partial charge in [0.2, 0.25) is 0 Å². The molecule has 3 aliphatic rings.